The lowest BCUT2D eigenvalue weighted by Gasteiger charge is -2.13. The molecule has 1 aromatic heterocycles. The molecule has 1 aromatic carbocycles. The summed E-state index contributed by atoms with van der Waals surface area (Å²) >= 11 is 0. The predicted molar refractivity (Wildman–Crippen MR) is 66.5 cm³/mol. The van der Waals surface area contributed by atoms with Gasteiger partial charge in [0.25, 0.3) is 0 Å². The maximum atomic E-state index is 5.22. The van der Waals surface area contributed by atoms with Crippen LogP contribution in [0.3, 0.4) is 0 Å². The van der Waals surface area contributed by atoms with E-state index in [4.69, 9.17) is 4.74 Å². The lowest BCUT2D eigenvalue weighted by Crippen LogP contribution is -2.01. The van der Waals surface area contributed by atoms with Gasteiger partial charge in [-0.25, -0.2) is 0 Å². The minimum atomic E-state index is 0.906. The van der Waals surface area contributed by atoms with Crippen LogP contribution in [0.15, 0.2) is 30.3 Å². The van der Waals surface area contributed by atoms with E-state index in [-0.39, 0.29) is 0 Å². The third-order valence-corrected chi connectivity index (χ3v) is 2.92. The highest BCUT2D eigenvalue weighted by Crippen LogP contribution is 2.23. The van der Waals surface area contributed by atoms with Crippen LogP contribution in [0.4, 0.5) is 0 Å². The van der Waals surface area contributed by atoms with Gasteiger partial charge in [0.05, 0.1) is 7.11 Å². The molecule has 0 radical (unpaired) electrons. The molecule has 0 atom stereocenters. The number of hydrogen-bond acceptors (Lipinski definition) is 1. The third kappa shape index (κ3) is 1.71. The number of methoxy groups -OCH3 is 1. The van der Waals surface area contributed by atoms with Crippen LogP contribution in [-0.2, 0) is 0 Å². The summed E-state index contributed by atoms with van der Waals surface area (Å²) in [5, 5.41) is 0. The Bertz CT molecular complexity index is 492. The molecular formula is C14H17NO. The second kappa shape index (κ2) is 4.05. The second-order valence-corrected chi connectivity index (χ2v) is 4.10. The van der Waals surface area contributed by atoms with Gasteiger partial charge in [0.1, 0.15) is 5.75 Å². The molecule has 0 fully saturated rings. The molecule has 0 saturated carbocycles. The largest absolute Gasteiger partial charge is 0.497 e. The number of aryl methyl sites for hydroxylation is 3. The molecule has 2 aromatic rings. The molecule has 0 aliphatic carbocycles. The fraction of sp³-hybridized carbons (Fsp3) is 0.286. The van der Waals surface area contributed by atoms with Crippen molar-refractivity contribution in [1.82, 2.24) is 4.57 Å². The van der Waals surface area contributed by atoms with E-state index in [0.29, 0.717) is 0 Å². The number of benzene rings is 1. The van der Waals surface area contributed by atoms with Crippen molar-refractivity contribution in [2.24, 2.45) is 0 Å². The van der Waals surface area contributed by atoms with Gasteiger partial charge in [0.15, 0.2) is 0 Å². The Labute approximate surface area is 96.5 Å². The fourth-order valence-electron chi connectivity index (χ4n) is 2.05. The highest BCUT2D eigenvalue weighted by atomic mass is 16.5. The molecular weight excluding hydrogens is 198 g/mol. The zero-order valence-corrected chi connectivity index (χ0v) is 10.2. The smallest absolute Gasteiger partial charge is 0.119 e. The van der Waals surface area contributed by atoms with Crippen LogP contribution in [0.1, 0.15) is 17.0 Å². The molecule has 0 amide bonds. The first-order valence-electron chi connectivity index (χ1n) is 5.43. The van der Waals surface area contributed by atoms with Crippen molar-refractivity contribution in [3.8, 4) is 11.4 Å². The SMILES string of the molecule is COc1ccc(-n2c(C)ccc2C)c(C)c1. The summed E-state index contributed by atoms with van der Waals surface area (Å²) in [7, 11) is 1.70. The first-order chi connectivity index (χ1) is 7.63. The second-order valence-electron chi connectivity index (χ2n) is 4.10. The van der Waals surface area contributed by atoms with Crippen molar-refractivity contribution in [3.63, 3.8) is 0 Å². The Kier molecular flexibility index (Phi) is 2.73. The monoisotopic (exact) mass is 215 g/mol. The van der Waals surface area contributed by atoms with Gasteiger partial charge < -0.3 is 9.30 Å². The maximum absolute atomic E-state index is 5.22. The number of ether oxygens (including phenoxy) is 1. The highest BCUT2D eigenvalue weighted by molar-refractivity contribution is 5.47. The number of aromatic nitrogens is 1. The van der Waals surface area contributed by atoms with Gasteiger partial charge >= 0.3 is 0 Å². The normalized spacial score (nSPS) is 10.5. The zero-order valence-electron chi connectivity index (χ0n) is 10.2. The average molecular weight is 215 g/mol. The van der Waals surface area contributed by atoms with E-state index in [0.717, 1.165) is 5.75 Å². The summed E-state index contributed by atoms with van der Waals surface area (Å²) in [4.78, 5) is 0. The highest BCUT2D eigenvalue weighted by Gasteiger charge is 2.07. The molecule has 16 heavy (non-hydrogen) atoms. The van der Waals surface area contributed by atoms with Crippen molar-refractivity contribution in [2.45, 2.75) is 20.8 Å². The Morgan fingerprint density at radius 3 is 2.06 bits per heavy atom. The Morgan fingerprint density at radius 1 is 0.938 bits per heavy atom. The molecule has 0 spiro atoms. The Hall–Kier alpha value is -1.70. The van der Waals surface area contributed by atoms with Gasteiger partial charge in [-0.15, -0.1) is 0 Å². The van der Waals surface area contributed by atoms with Crippen LogP contribution in [0, 0.1) is 20.8 Å². The van der Waals surface area contributed by atoms with Crippen LogP contribution < -0.4 is 4.74 Å². The van der Waals surface area contributed by atoms with Crippen molar-refractivity contribution in [1.29, 1.82) is 0 Å². The summed E-state index contributed by atoms with van der Waals surface area (Å²) < 4.78 is 7.48. The average Bonchev–Trinajstić information content (AvgIpc) is 2.59. The summed E-state index contributed by atoms with van der Waals surface area (Å²) in [6.45, 7) is 6.35. The molecule has 2 nitrogen and oxygen atoms in total. The van der Waals surface area contributed by atoms with E-state index in [1.807, 2.05) is 6.07 Å². The fourth-order valence-corrected chi connectivity index (χ4v) is 2.05. The number of nitrogens with zero attached hydrogens (tertiary/aromatic N) is 1. The summed E-state index contributed by atoms with van der Waals surface area (Å²) in [6, 6.07) is 10.4. The Balaban J connectivity index is 2.57. The lowest BCUT2D eigenvalue weighted by molar-refractivity contribution is 0.414. The van der Waals surface area contributed by atoms with Crippen molar-refractivity contribution in [3.05, 3.63) is 47.3 Å². The topological polar surface area (TPSA) is 14.2 Å². The molecule has 84 valence electrons. The zero-order chi connectivity index (χ0) is 11.7. The van der Waals surface area contributed by atoms with Crippen LogP contribution in [0.2, 0.25) is 0 Å². The molecule has 0 aliphatic heterocycles. The van der Waals surface area contributed by atoms with Gasteiger partial charge in [-0.2, -0.15) is 0 Å². The Morgan fingerprint density at radius 2 is 1.56 bits per heavy atom. The van der Waals surface area contributed by atoms with Crippen molar-refractivity contribution >= 4 is 0 Å². The standard InChI is InChI=1S/C14H17NO/c1-10-9-13(16-4)7-8-14(10)15-11(2)5-6-12(15)3/h5-9H,1-4H3. The molecule has 2 heteroatoms. The van der Waals surface area contributed by atoms with Crippen molar-refractivity contribution < 1.29 is 4.74 Å². The van der Waals surface area contributed by atoms with E-state index in [2.05, 4.69) is 49.6 Å². The summed E-state index contributed by atoms with van der Waals surface area (Å²) in [6.07, 6.45) is 0. The van der Waals surface area contributed by atoms with Gasteiger partial charge in [-0.1, -0.05) is 0 Å². The minimum Gasteiger partial charge on any atom is -0.497 e. The molecule has 0 bridgehead atoms. The van der Waals surface area contributed by atoms with E-state index in [9.17, 15) is 0 Å². The molecule has 1 heterocycles. The lowest BCUT2D eigenvalue weighted by atomic mass is 10.2. The van der Waals surface area contributed by atoms with E-state index in [1.165, 1.54) is 22.6 Å². The van der Waals surface area contributed by atoms with E-state index < -0.39 is 0 Å². The summed E-state index contributed by atoms with van der Waals surface area (Å²) in [5.74, 6) is 0.906. The van der Waals surface area contributed by atoms with Crippen LogP contribution >= 0.6 is 0 Å². The van der Waals surface area contributed by atoms with Gasteiger partial charge in [0, 0.05) is 17.1 Å². The molecule has 0 aliphatic rings. The quantitative estimate of drug-likeness (QED) is 0.748. The predicted octanol–water partition coefficient (Wildman–Crippen LogP) is 3.41. The van der Waals surface area contributed by atoms with E-state index in [1.54, 1.807) is 7.11 Å². The van der Waals surface area contributed by atoms with Crippen LogP contribution in [0.25, 0.3) is 5.69 Å². The van der Waals surface area contributed by atoms with Gasteiger partial charge in [-0.3, -0.25) is 0 Å². The van der Waals surface area contributed by atoms with Gasteiger partial charge in [0.2, 0.25) is 0 Å². The third-order valence-electron chi connectivity index (χ3n) is 2.92. The van der Waals surface area contributed by atoms with Crippen LogP contribution in [0.5, 0.6) is 5.75 Å². The maximum Gasteiger partial charge on any atom is 0.119 e. The van der Waals surface area contributed by atoms with Crippen LogP contribution in [-0.4, -0.2) is 11.7 Å². The molecule has 0 N–H and O–H groups in total. The van der Waals surface area contributed by atoms with Gasteiger partial charge in [-0.05, 0) is 56.7 Å². The first kappa shape index (κ1) is 10.8. The molecule has 0 saturated heterocycles. The number of rotatable bonds is 2. The molecule has 2 rings (SSSR count). The van der Waals surface area contributed by atoms with E-state index >= 15 is 0 Å². The number of hydrogen-bond donors (Lipinski definition) is 0. The summed E-state index contributed by atoms with van der Waals surface area (Å²) in [5.41, 5.74) is 4.96. The first-order valence-corrected chi connectivity index (χ1v) is 5.43. The van der Waals surface area contributed by atoms with Crippen molar-refractivity contribution in [2.75, 3.05) is 7.11 Å². The minimum absolute atomic E-state index is 0.906. The molecule has 0 unspecified atom stereocenters.